The quantitative estimate of drug-likeness (QED) is 0.735. The van der Waals surface area contributed by atoms with Crippen molar-refractivity contribution in [1.82, 2.24) is 15.0 Å². The molecule has 0 amide bonds. The molecule has 23 heavy (non-hydrogen) atoms. The summed E-state index contributed by atoms with van der Waals surface area (Å²) in [5.74, 6) is 0.509. The van der Waals surface area contributed by atoms with E-state index in [0.717, 1.165) is 12.5 Å². The molecular weight excluding hydrogens is 297 g/mol. The lowest BCUT2D eigenvalue weighted by molar-refractivity contribution is 0.0926. The van der Waals surface area contributed by atoms with Gasteiger partial charge in [-0.1, -0.05) is 24.1 Å². The van der Waals surface area contributed by atoms with Gasteiger partial charge in [0.05, 0.1) is 26.5 Å². The highest BCUT2D eigenvalue weighted by atomic mass is 19.1. The minimum Gasteiger partial charge on any atom is -0.493 e. The fraction of sp³-hybridized carbons (Fsp3) is 0.529. The molecule has 0 bridgehead atoms. The van der Waals surface area contributed by atoms with E-state index in [9.17, 15) is 4.39 Å². The minimum atomic E-state index is -0.403. The average Bonchev–Trinajstić information content (AvgIpc) is 3.23. The molecule has 1 fully saturated rings. The molecule has 1 aliphatic carbocycles. The molecular formula is C17H22FN3O2. The highest BCUT2D eigenvalue weighted by molar-refractivity contribution is 5.66. The molecule has 0 atom stereocenters. The lowest BCUT2D eigenvalue weighted by atomic mass is 10.1. The fourth-order valence-electron chi connectivity index (χ4n) is 3.03. The van der Waals surface area contributed by atoms with Gasteiger partial charge in [-0.25, -0.2) is 9.07 Å². The molecule has 5 nitrogen and oxygen atoms in total. The molecule has 1 heterocycles. The molecule has 0 spiro atoms. The van der Waals surface area contributed by atoms with Crippen molar-refractivity contribution in [2.75, 3.05) is 20.3 Å². The summed E-state index contributed by atoms with van der Waals surface area (Å²) < 4.78 is 26.3. The van der Waals surface area contributed by atoms with Gasteiger partial charge in [-0.3, -0.25) is 0 Å². The third-order valence-electron chi connectivity index (χ3n) is 4.28. The van der Waals surface area contributed by atoms with Crippen LogP contribution in [-0.4, -0.2) is 35.3 Å². The number of halogens is 1. The first-order chi connectivity index (χ1) is 11.3. The molecule has 1 saturated carbocycles. The van der Waals surface area contributed by atoms with E-state index in [1.165, 1.54) is 38.9 Å². The van der Waals surface area contributed by atoms with E-state index in [1.54, 1.807) is 23.0 Å². The molecule has 2 aromatic rings. The van der Waals surface area contributed by atoms with Crippen LogP contribution in [0.15, 0.2) is 24.4 Å². The first-order valence-electron chi connectivity index (χ1n) is 8.08. The molecule has 6 heteroatoms. The van der Waals surface area contributed by atoms with Crippen LogP contribution in [0.5, 0.6) is 5.75 Å². The highest BCUT2D eigenvalue weighted by Crippen LogP contribution is 2.30. The maximum absolute atomic E-state index is 13.7. The largest absolute Gasteiger partial charge is 0.493 e. The number of hydrogen-bond donors (Lipinski definition) is 0. The van der Waals surface area contributed by atoms with Crippen LogP contribution in [0.1, 0.15) is 25.7 Å². The maximum atomic E-state index is 13.7. The second-order valence-corrected chi connectivity index (χ2v) is 5.91. The van der Waals surface area contributed by atoms with Gasteiger partial charge in [-0.05, 0) is 30.9 Å². The molecule has 0 N–H and O–H groups in total. The Balaban J connectivity index is 1.56. The second kappa shape index (κ2) is 7.55. The summed E-state index contributed by atoms with van der Waals surface area (Å²) >= 11 is 0. The average molecular weight is 319 g/mol. The molecule has 3 rings (SSSR count). The zero-order valence-corrected chi connectivity index (χ0v) is 13.4. The van der Waals surface area contributed by atoms with Gasteiger partial charge in [0, 0.05) is 12.2 Å². The van der Waals surface area contributed by atoms with Gasteiger partial charge in [0.1, 0.15) is 5.69 Å². The van der Waals surface area contributed by atoms with Crippen LogP contribution in [0.2, 0.25) is 0 Å². The van der Waals surface area contributed by atoms with Crippen LogP contribution in [-0.2, 0) is 11.3 Å². The van der Waals surface area contributed by atoms with E-state index >= 15 is 0 Å². The number of methoxy groups -OCH3 is 1. The Hall–Kier alpha value is -1.95. The molecule has 0 saturated heterocycles. The van der Waals surface area contributed by atoms with E-state index in [0.29, 0.717) is 24.4 Å². The van der Waals surface area contributed by atoms with Crippen LogP contribution in [0.3, 0.4) is 0 Å². The van der Waals surface area contributed by atoms with Gasteiger partial charge in [0.2, 0.25) is 0 Å². The van der Waals surface area contributed by atoms with Gasteiger partial charge in [0.15, 0.2) is 11.6 Å². The Bertz CT molecular complexity index is 639. The predicted octanol–water partition coefficient (Wildman–Crippen LogP) is 3.30. The topological polar surface area (TPSA) is 49.2 Å². The van der Waals surface area contributed by atoms with Crippen molar-refractivity contribution in [2.45, 2.75) is 32.2 Å². The van der Waals surface area contributed by atoms with Crippen molar-refractivity contribution in [1.29, 1.82) is 0 Å². The van der Waals surface area contributed by atoms with E-state index in [1.807, 2.05) is 0 Å². The van der Waals surface area contributed by atoms with Crippen LogP contribution in [0.25, 0.3) is 11.3 Å². The summed E-state index contributed by atoms with van der Waals surface area (Å²) in [6, 6.07) is 4.77. The zero-order chi connectivity index (χ0) is 16.1. The Labute approximate surface area is 135 Å². The molecule has 0 unspecified atom stereocenters. The summed E-state index contributed by atoms with van der Waals surface area (Å²) in [4.78, 5) is 0. The smallest absolute Gasteiger partial charge is 0.165 e. The van der Waals surface area contributed by atoms with E-state index in [2.05, 4.69) is 10.3 Å². The first-order valence-corrected chi connectivity index (χ1v) is 8.08. The first kappa shape index (κ1) is 15.9. The summed E-state index contributed by atoms with van der Waals surface area (Å²) in [6.45, 7) is 2.08. The molecule has 1 aromatic carbocycles. The Morgan fingerprint density at radius 2 is 2.13 bits per heavy atom. The molecule has 0 radical (unpaired) electrons. The number of benzene rings is 1. The predicted molar refractivity (Wildman–Crippen MR) is 84.7 cm³/mol. The van der Waals surface area contributed by atoms with Crippen molar-refractivity contribution in [3.8, 4) is 17.0 Å². The zero-order valence-electron chi connectivity index (χ0n) is 13.4. The lowest BCUT2D eigenvalue weighted by Gasteiger charge is -2.09. The minimum absolute atomic E-state index is 0.192. The van der Waals surface area contributed by atoms with Crippen molar-refractivity contribution in [3.05, 3.63) is 30.2 Å². The van der Waals surface area contributed by atoms with Crippen LogP contribution in [0, 0.1) is 11.7 Å². The van der Waals surface area contributed by atoms with Gasteiger partial charge >= 0.3 is 0 Å². The van der Waals surface area contributed by atoms with Crippen LogP contribution < -0.4 is 4.74 Å². The summed E-state index contributed by atoms with van der Waals surface area (Å²) in [5, 5.41) is 8.18. The molecule has 0 aliphatic heterocycles. The Kier molecular flexibility index (Phi) is 5.23. The lowest BCUT2D eigenvalue weighted by Crippen LogP contribution is -2.11. The number of aromatic nitrogens is 3. The van der Waals surface area contributed by atoms with Crippen LogP contribution in [0.4, 0.5) is 4.39 Å². The molecule has 1 aromatic heterocycles. The van der Waals surface area contributed by atoms with Crippen molar-refractivity contribution in [3.63, 3.8) is 0 Å². The summed E-state index contributed by atoms with van der Waals surface area (Å²) in [7, 11) is 1.45. The molecule has 1 aliphatic rings. The van der Waals surface area contributed by atoms with Gasteiger partial charge < -0.3 is 9.47 Å². The third kappa shape index (κ3) is 3.88. The maximum Gasteiger partial charge on any atom is 0.165 e. The van der Waals surface area contributed by atoms with E-state index in [-0.39, 0.29) is 5.75 Å². The van der Waals surface area contributed by atoms with Gasteiger partial charge in [-0.2, -0.15) is 0 Å². The number of nitrogens with zero attached hydrogens (tertiary/aromatic N) is 3. The highest BCUT2D eigenvalue weighted by Gasteiger charge is 2.15. The summed E-state index contributed by atoms with van der Waals surface area (Å²) in [5.41, 5.74) is 1.20. The standard InChI is InChI=1S/C17H22FN3O2/c1-22-17-14(7-4-8-15(17)18)16-11-21(20-19-16)9-10-23-12-13-5-2-3-6-13/h4,7-8,11,13H,2-3,5-6,9-10,12H2,1H3. The van der Waals surface area contributed by atoms with Crippen molar-refractivity contribution < 1.29 is 13.9 Å². The number of hydrogen-bond acceptors (Lipinski definition) is 4. The Morgan fingerprint density at radius 3 is 2.91 bits per heavy atom. The number of para-hydroxylation sites is 1. The third-order valence-corrected chi connectivity index (χ3v) is 4.28. The fourth-order valence-corrected chi connectivity index (χ4v) is 3.03. The normalized spacial score (nSPS) is 15.2. The van der Waals surface area contributed by atoms with Gasteiger partial charge in [0.25, 0.3) is 0 Å². The van der Waals surface area contributed by atoms with E-state index in [4.69, 9.17) is 9.47 Å². The Morgan fingerprint density at radius 1 is 1.30 bits per heavy atom. The molecule has 124 valence electrons. The van der Waals surface area contributed by atoms with Crippen molar-refractivity contribution >= 4 is 0 Å². The monoisotopic (exact) mass is 319 g/mol. The van der Waals surface area contributed by atoms with Crippen LogP contribution >= 0.6 is 0 Å². The number of rotatable bonds is 7. The summed E-state index contributed by atoms with van der Waals surface area (Å²) in [6.07, 6.45) is 7.02. The second-order valence-electron chi connectivity index (χ2n) is 5.91. The van der Waals surface area contributed by atoms with Crippen molar-refractivity contribution in [2.24, 2.45) is 5.92 Å². The van der Waals surface area contributed by atoms with E-state index < -0.39 is 5.82 Å². The SMILES string of the molecule is COc1c(F)cccc1-c1cn(CCOCC2CCCC2)nn1. The van der Waals surface area contributed by atoms with Gasteiger partial charge in [-0.15, -0.1) is 5.10 Å². The number of ether oxygens (including phenoxy) is 2.